The van der Waals surface area contributed by atoms with Crippen LogP contribution in [0.1, 0.15) is 213 Å². The minimum atomic E-state index is -0.983. The van der Waals surface area contributed by atoms with E-state index >= 15 is 0 Å². The van der Waals surface area contributed by atoms with Crippen LogP contribution in [0.5, 0.6) is 0 Å². The highest BCUT2D eigenvalue weighted by molar-refractivity contribution is 5.72. The van der Waals surface area contributed by atoms with Crippen molar-refractivity contribution in [3.05, 3.63) is 0 Å². The van der Waals surface area contributed by atoms with E-state index in [-0.39, 0.29) is 44.4 Å². The molecule has 0 fully saturated rings. The van der Waals surface area contributed by atoms with Gasteiger partial charge in [0.1, 0.15) is 13.2 Å². The van der Waals surface area contributed by atoms with Crippen molar-refractivity contribution in [2.45, 2.75) is 219 Å². The fourth-order valence-corrected chi connectivity index (χ4v) is 5.84. The second kappa shape index (κ2) is 36.2. The van der Waals surface area contributed by atoms with Gasteiger partial charge in [-0.15, -0.1) is 0 Å². The van der Waals surface area contributed by atoms with Crippen molar-refractivity contribution < 1.29 is 38.5 Å². The molecule has 0 aliphatic carbocycles. The van der Waals surface area contributed by atoms with E-state index in [1.807, 2.05) is 0 Å². The van der Waals surface area contributed by atoms with Crippen molar-refractivity contribution in [2.75, 3.05) is 13.2 Å². The topological polar surface area (TPSA) is 116 Å². The molecule has 0 unspecified atom stereocenters. The summed E-state index contributed by atoms with van der Waals surface area (Å²) in [5, 5.41) is 8.82. The van der Waals surface area contributed by atoms with E-state index in [9.17, 15) is 19.2 Å². The minimum Gasteiger partial charge on any atom is -0.481 e. The average molecular weight is 683 g/mol. The van der Waals surface area contributed by atoms with E-state index in [2.05, 4.69) is 13.8 Å². The molecule has 0 spiro atoms. The second-order valence-corrected chi connectivity index (χ2v) is 13.7. The molecule has 282 valence electrons. The molecule has 8 nitrogen and oxygen atoms in total. The summed E-state index contributed by atoms with van der Waals surface area (Å²) in [4.78, 5) is 47.7. The lowest BCUT2D eigenvalue weighted by molar-refractivity contribution is -0.167. The number of carbonyl (C=O) groups is 4. The third kappa shape index (κ3) is 35.2. The zero-order valence-corrected chi connectivity index (χ0v) is 31.2. The Labute approximate surface area is 294 Å². The molecule has 0 saturated heterocycles. The van der Waals surface area contributed by atoms with Crippen molar-refractivity contribution in [2.24, 2.45) is 0 Å². The number of carboxylic acid groups (broad SMARTS) is 1. The van der Waals surface area contributed by atoms with Crippen LogP contribution in [0.15, 0.2) is 0 Å². The third-order valence-corrected chi connectivity index (χ3v) is 8.90. The highest BCUT2D eigenvalue weighted by atomic mass is 16.6. The van der Waals surface area contributed by atoms with Gasteiger partial charge in [-0.1, -0.05) is 168 Å². The first-order chi connectivity index (χ1) is 23.4. The van der Waals surface area contributed by atoms with Gasteiger partial charge in [0.25, 0.3) is 0 Å². The van der Waals surface area contributed by atoms with Crippen molar-refractivity contribution >= 4 is 23.9 Å². The maximum absolute atomic E-state index is 12.3. The molecular weight excluding hydrogens is 608 g/mol. The first-order valence-corrected chi connectivity index (χ1v) is 20.1. The minimum absolute atomic E-state index is 0.0669. The molecular formula is C40H74O8. The summed E-state index contributed by atoms with van der Waals surface area (Å²) in [7, 11) is 0. The third-order valence-electron chi connectivity index (χ3n) is 8.90. The van der Waals surface area contributed by atoms with E-state index in [4.69, 9.17) is 19.3 Å². The highest BCUT2D eigenvalue weighted by Crippen LogP contribution is 2.15. The Morgan fingerprint density at radius 1 is 0.396 bits per heavy atom. The molecule has 0 aromatic heterocycles. The number of hydrogen-bond acceptors (Lipinski definition) is 7. The van der Waals surface area contributed by atoms with E-state index < -0.39 is 18.0 Å². The van der Waals surface area contributed by atoms with Gasteiger partial charge in [-0.05, 0) is 19.3 Å². The van der Waals surface area contributed by atoms with Crippen LogP contribution in [0, 0.1) is 0 Å². The second-order valence-electron chi connectivity index (χ2n) is 13.7. The lowest BCUT2D eigenvalue weighted by atomic mass is 10.0. The SMILES string of the molecule is CCCCCCCCCCCCCCCC(=O)OCC(COC(=O)CCCCCCCCCCCCCCC)OC(=O)CCCC(=O)O. The van der Waals surface area contributed by atoms with Crippen LogP contribution in [0.25, 0.3) is 0 Å². The predicted octanol–water partition coefficient (Wildman–Crippen LogP) is 11.2. The van der Waals surface area contributed by atoms with Gasteiger partial charge in [-0.3, -0.25) is 19.2 Å². The van der Waals surface area contributed by atoms with Gasteiger partial charge in [0.2, 0.25) is 0 Å². The van der Waals surface area contributed by atoms with Gasteiger partial charge in [-0.25, -0.2) is 0 Å². The largest absolute Gasteiger partial charge is 0.481 e. The number of rotatable bonds is 37. The van der Waals surface area contributed by atoms with Gasteiger partial charge in [-0.2, -0.15) is 0 Å². The summed E-state index contributed by atoms with van der Waals surface area (Å²) in [5.74, 6) is -2.29. The Bertz CT molecular complexity index is 722. The quantitative estimate of drug-likeness (QED) is 0.0391. The van der Waals surface area contributed by atoms with E-state index in [1.54, 1.807) is 0 Å². The molecule has 0 atom stereocenters. The maximum Gasteiger partial charge on any atom is 0.306 e. The van der Waals surface area contributed by atoms with Gasteiger partial charge in [0.05, 0.1) is 0 Å². The van der Waals surface area contributed by atoms with Gasteiger partial charge >= 0.3 is 23.9 Å². The van der Waals surface area contributed by atoms with Crippen LogP contribution in [-0.2, 0) is 33.4 Å². The van der Waals surface area contributed by atoms with E-state index in [0.717, 1.165) is 38.5 Å². The summed E-state index contributed by atoms with van der Waals surface area (Å²) in [6.07, 6.45) is 31.6. The number of ether oxygens (including phenoxy) is 3. The molecule has 0 bridgehead atoms. The van der Waals surface area contributed by atoms with Crippen LogP contribution in [-0.4, -0.2) is 48.3 Å². The molecule has 0 aliphatic heterocycles. The number of hydrogen-bond donors (Lipinski definition) is 1. The molecule has 1 N–H and O–H groups in total. The Hall–Kier alpha value is -2.12. The number of carbonyl (C=O) groups excluding carboxylic acids is 3. The Morgan fingerprint density at radius 3 is 1.00 bits per heavy atom. The van der Waals surface area contributed by atoms with Crippen LogP contribution < -0.4 is 0 Å². The molecule has 0 aromatic carbocycles. The van der Waals surface area contributed by atoms with Gasteiger partial charge in [0, 0.05) is 25.7 Å². The number of unbranched alkanes of at least 4 members (excludes halogenated alkanes) is 24. The fourth-order valence-electron chi connectivity index (χ4n) is 5.84. The molecule has 0 radical (unpaired) electrons. The van der Waals surface area contributed by atoms with E-state index in [1.165, 1.54) is 128 Å². The summed E-state index contributed by atoms with van der Waals surface area (Å²) in [6, 6.07) is 0. The smallest absolute Gasteiger partial charge is 0.306 e. The zero-order valence-electron chi connectivity index (χ0n) is 31.2. The monoisotopic (exact) mass is 683 g/mol. The van der Waals surface area contributed by atoms with Gasteiger partial charge in [0.15, 0.2) is 6.10 Å². The maximum atomic E-state index is 12.3. The number of aliphatic carboxylic acids is 1. The highest BCUT2D eigenvalue weighted by Gasteiger charge is 2.19. The number of carboxylic acids is 1. The first kappa shape index (κ1) is 45.9. The molecule has 8 heteroatoms. The molecule has 0 rings (SSSR count). The van der Waals surface area contributed by atoms with Crippen molar-refractivity contribution in [1.82, 2.24) is 0 Å². The standard InChI is InChI=1S/C40H74O8/c1-3-5-7-9-11-13-15-17-19-21-23-25-27-31-38(43)46-34-36(48-40(45)33-29-30-37(41)42)35-47-39(44)32-28-26-24-22-20-18-16-14-12-10-8-6-4-2/h36H,3-35H2,1-2H3,(H,41,42). The summed E-state index contributed by atoms with van der Waals surface area (Å²) >= 11 is 0. The normalized spacial score (nSPS) is 11.1. The molecule has 0 saturated carbocycles. The van der Waals surface area contributed by atoms with Crippen molar-refractivity contribution in [1.29, 1.82) is 0 Å². The average Bonchev–Trinajstić information content (AvgIpc) is 3.06. The van der Waals surface area contributed by atoms with Crippen LogP contribution in [0.4, 0.5) is 0 Å². The Balaban J connectivity index is 4.13. The lowest BCUT2D eigenvalue weighted by Crippen LogP contribution is -2.31. The molecule has 0 amide bonds. The van der Waals surface area contributed by atoms with E-state index in [0.29, 0.717) is 12.8 Å². The summed E-state index contributed by atoms with van der Waals surface area (Å²) in [6.45, 7) is 4.12. The summed E-state index contributed by atoms with van der Waals surface area (Å²) in [5.41, 5.74) is 0. The fraction of sp³-hybridized carbons (Fsp3) is 0.900. The molecule has 0 aromatic rings. The molecule has 0 aliphatic rings. The number of esters is 3. The predicted molar refractivity (Wildman–Crippen MR) is 194 cm³/mol. The lowest BCUT2D eigenvalue weighted by Gasteiger charge is -2.18. The van der Waals surface area contributed by atoms with Crippen LogP contribution in [0.3, 0.4) is 0 Å². The summed E-state index contributed by atoms with van der Waals surface area (Å²) < 4.78 is 16.1. The molecule has 48 heavy (non-hydrogen) atoms. The Morgan fingerprint density at radius 2 is 0.688 bits per heavy atom. The molecule has 0 heterocycles. The zero-order chi connectivity index (χ0) is 35.3. The van der Waals surface area contributed by atoms with Crippen LogP contribution >= 0.6 is 0 Å². The first-order valence-electron chi connectivity index (χ1n) is 20.1. The van der Waals surface area contributed by atoms with Crippen molar-refractivity contribution in [3.63, 3.8) is 0 Å². The van der Waals surface area contributed by atoms with Crippen LogP contribution in [0.2, 0.25) is 0 Å². The Kier molecular flexibility index (Phi) is 34.6. The van der Waals surface area contributed by atoms with Crippen molar-refractivity contribution in [3.8, 4) is 0 Å². The van der Waals surface area contributed by atoms with Gasteiger partial charge < -0.3 is 19.3 Å².